The predicted molar refractivity (Wildman–Crippen MR) is 41.1 cm³/mol. The highest BCUT2D eigenvalue weighted by Gasteiger charge is 2.23. The smallest absolute Gasteiger partial charge is 0.268 e. The second kappa shape index (κ2) is 3.12. The van der Waals surface area contributed by atoms with E-state index < -0.39 is 31.3 Å². The fraction of sp³-hybridized carbons (Fsp3) is 0. The standard InChI is InChI=1S/C6H3ClF2O3S/c7-13(11,12)6-4(9)2-1-3(8)5(6)10/h1-2,10H. The van der Waals surface area contributed by atoms with Gasteiger partial charge in [0.15, 0.2) is 16.5 Å². The van der Waals surface area contributed by atoms with Crippen LogP contribution in [0, 0.1) is 11.6 Å². The molecule has 0 amide bonds. The second-order valence-electron chi connectivity index (χ2n) is 2.14. The Kier molecular flexibility index (Phi) is 2.44. The quantitative estimate of drug-likeness (QED) is 0.743. The van der Waals surface area contributed by atoms with Crippen LogP contribution in [-0.2, 0) is 9.05 Å². The maximum atomic E-state index is 12.7. The summed E-state index contributed by atoms with van der Waals surface area (Å²) in [5.74, 6) is -3.86. The Bertz CT molecular complexity index is 443. The summed E-state index contributed by atoms with van der Waals surface area (Å²) in [5.41, 5.74) is 0. The zero-order valence-electron chi connectivity index (χ0n) is 5.96. The zero-order valence-corrected chi connectivity index (χ0v) is 7.53. The van der Waals surface area contributed by atoms with Gasteiger partial charge in [0.05, 0.1) is 0 Å². The van der Waals surface area contributed by atoms with Gasteiger partial charge in [0.25, 0.3) is 9.05 Å². The highest BCUT2D eigenvalue weighted by atomic mass is 35.7. The zero-order chi connectivity index (χ0) is 10.2. The largest absolute Gasteiger partial charge is 0.504 e. The first kappa shape index (κ1) is 10.2. The fourth-order valence-electron chi connectivity index (χ4n) is 0.754. The molecule has 7 heteroatoms. The first-order valence-electron chi connectivity index (χ1n) is 2.95. The van der Waals surface area contributed by atoms with Gasteiger partial charge in [-0.25, -0.2) is 17.2 Å². The maximum Gasteiger partial charge on any atom is 0.268 e. The van der Waals surface area contributed by atoms with Crippen LogP contribution in [0.25, 0.3) is 0 Å². The van der Waals surface area contributed by atoms with E-state index in [2.05, 4.69) is 0 Å². The third-order valence-electron chi connectivity index (χ3n) is 1.28. The topological polar surface area (TPSA) is 54.4 Å². The molecular formula is C6H3ClF2O3S. The van der Waals surface area contributed by atoms with Crippen molar-refractivity contribution in [2.45, 2.75) is 4.90 Å². The van der Waals surface area contributed by atoms with E-state index in [0.717, 1.165) is 0 Å². The minimum absolute atomic E-state index is 0.560. The molecule has 3 nitrogen and oxygen atoms in total. The Labute approximate surface area is 77.0 Å². The minimum Gasteiger partial charge on any atom is -0.504 e. The van der Waals surface area contributed by atoms with Crippen LogP contribution in [0.2, 0.25) is 0 Å². The second-order valence-corrected chi connectivity index (χ2v) is 4.65. The molecule has 0 fully saturated rings. The normalized spacial score (nSPS) is 11.6. The Morgan fingerprint density at radius 1 is 1.23 bits per heavy atom. The van der Waals surface area contributed by atoms with Crippen molar-refractivity contribution in [2.24, 2.45) is 0 Å². The van der Waals surface area contributed by atoms with Crippen LogP contribution in [0.1, 0.15) is 0 Å². The number of phenols is 1. The van der Waals surface area contributed by atoms with Crippen LogP contribution in [0.4, 0.5) is 8.78 Å². The molecule has 1 N–H and O–H groups in total. The highest BCUT2D eigenvalue weighted by molar-refractivity contribution is 8.13. The average molecular weight is 229 g/mol. The van der Waals surface area contributed by atoms with Gasteiger partial charge in [0.1, 0.15) is 5.82 Å². The average Bonchev–Trinajstić information content (AvgIpc) is 1.95. The minimum atomic E-state index is -4.48. The van der Waals surface area contributed by atoms with E-state index in [1.165, 1.54) is 0 Å². The summed E-state index contributed by atoms with van der Waals surface area (Å²) in [7, 11) is 0.267. The van der Waals surface area contributed by atoms with Gasteiger partial charge in [0, 0.05) is 10.7 Å². The van der Waals surface area contributed by atoms with Crippen LogP contribution in [0.3, 0.4) is 0 Å². The van der Waals surface area contributed by atoms with Crippen molar-refractivity contribution in [3.63, 3.8) is 0 Å². The molecule has 1 aromatic carbocycles. The summed E-state index contributed by atoms with van der Waals surface area (Å²) in [6.07, 6.45) is 0. The van der Waals surface area contributed by atoms with E-state index in [1.807, 2.05) is 0 Å². The summed E-state index contributed by atoms with van der Waals surface area (Å²) in [5, 5.41) is 8.84. The van der Waals surface area contributed by atoms with Crippen molar-refractivity contribution < 1.29 is 22.3 Å². The summed E-state index contributed by atoms with van der Waals surface area (Å²) < 4.78 is 46.5. The van der Waals surface area contributed by atoms with Crippen molar-refractivity contribution in [1.29, 1.82) is 0 Å². The lowest BCUT2D eigenvalue weighted by Crippen LogP contribution is -1.97. The van der Waals surface area contributed by atoms with Crippen molar-refractivity contribution in [2.75, 3.05) is 0 Å². The third-order valence-corrected chi connectivity index (χ3v) is 2.62. The molecule has 0 spiro atoms. The molecule has 1 rings (SSSR count). The molecule has 0 aliphatic rings. The Hall–Kier alpha value is -0.880. The van der Waals surface area contributed by atoms with Crippen LogP contribution in [0.15, 0.2) is 17.0 Å². The van der Waals surface area contributed by atoms with Crippen LogP contribution in [-0.4, -0.2) is 13.5 Å². The van der Waals surface area contributed by atoms with Gasteiger partial charge in [-0.2, -0.15) is 0 Å². The van der Waals surface area contributed by atoms with Gasteiger partial charge in [-0.15, -0.1) is 0 Å². The molecule has 0 aliphatic carbocycles. The first-order chi connectivity index (χ1) is 5.84. The summed E-state index contributed by atoms with van der Waals surface area (Å²) in [4.78, 5) is -1.24. The van der Waals surface area contributed by atoms with Crippen LogP contribution >= 0.6 is 10.7 Å². The molecule has 0 radical (unpaired) electrons. The molecule has 0 saturated heterocycles. The van der Waals surface area contributed by atoms with E-state index >= 15 is 0 Å². The molecule has 0 heterocycles. The Morgan fingerprint density at radius 2 is 1.69 bits per heavy atom. The monoisotopic (exact) mass is 228 g/mol. The molecule has 13 heavy (non-hydrogen) atoms. The van der Waals surface area contributed by atoms with E-state index in [9.17, 15) is 17.2 Å². The lowest BCUT2D eigenvalue weighted by molar-refractivity contribution is 0.406. The SMILES string of the molecule is O=S(=O)(Cl)c1c(F)ccc(F)c1O. The molecule has 0 bridgehead atoms. The molecule has 1 aromatic rings. The number of aromatic hydroxyl groups is 1. The van der Waals surface area contributed by atoms with Gasteiger partial charge < -0.3 is 5.11 Å². The number of phenolic OH excluding ortho intramolecular Hbond substituents is 1. The lowest BCUT2D eigenvalue weighted by atomic mass is 10.3. The molecule has 72 valence electrons. The third kappa shape index (κ3) is 1.89. The van der Waals surface area contributed by atoms with Gasteiger partial charge in [-0.1, -0.05) is 0 Å². The van der Waals surface area contributed by atoms with Crippen molar-refractivity contribution >= 4 is 19.7 Å². The van der Waals surface area contributed by atoms with Crippen molar-refractivity contribution in [3.05, 3.63) is 23.8 Å². The van der Waals surface area contributed by atoms with Crippen LogP contribution < -0.4 is 0 Å². The summed E-state index contributed by atoms with van der Waals surface area (Å²) in [6, 6.07) is 1.15. The van der Waals surface area contributed by atoms with Gasteiger partial charge in [-0.3, -0.25) is 0 Å². The highest BCUT2D eigenvalue weighted by Crippen LogP contribution is 2.30. The number of hydrogen-bond acceptors (Lipinski definition) is 3. The van der Waals surface area contributed by atoms with E-state index in [-0.39, 0.29) is 0 Å². The molecule has 0 aliphatic heterocycles. The molecule has 0 aromatic heterocycles. The number of rotatable bonds is 1. The number of hydrogen-bond donors (Lipinski definition) is 1. The van der Waals surface area contributed by atoms with Gasteiger partial charge in [0.2, 0.25) is 0 Å². The lowest BCUT2D eigenvalue weighted by Gasteiger charge is -2.02. The maximum absolute atomic E-state index is 12.7. The summed E-state index contributed by atoms with van der Waals surface area (Å²) in [6.45, 7) is 0. The summed E-state index contributed by atoms with van der Waals surface area (Å²) >= 11 is 0. The Morgan fingerprint density at radius 3 is 2.08 bits per heavy atom. The van der Waals surface area contributed by atoms with Crippen molar-refractivity contribution in [3.8, 4) is 5.75 Å². The number of benzene rings is 1. The molecule has 0 atom stereocenters. The van der Waals surface area contributed by atoms with Gasteiger partial charge in [-0.05, 0) is 12.1 Å². The van der Waals surface area contributed by atoms with Gasteiger partial charge >= 0.3 is 0 Å². The van der Waals surface area contributed by atoms with E-state index in [4.69, 9.17) is 15.8 Å². The predicted octanol–water partition coefficient (Wildman–Crippen LogP) is 1.60. The fourth-order valence-corrected chi connectivity index (χ4v) is 1.82. The molecule has 0 unspecified atom stereocenters. The molecule has 0 saturated carbocycles. The Balaban J connectivity index is 3.62. The molecular weight excluding hydrogens is 226 g/mol. The van der Waals surface area contributed by atoms with Crippen molar-refractivity contribution in [1.82, 2.24) is 0 Å². The van der Waals surface area contributed by atoms with E-state index in [1.54, 1.807) is 0 Å². The van der Waals surface area contributed by atoms with E-state index in [0.29, 0.717) is 12.1 Å². The van der Waals surface area contributed by atoms with Crippen LogP contribution in [0.5, 0.6) is 5.75 Å². The first-order valence-corrected chi connectivity index (χ1v) is 5.26. The number of halogens is 3.